The predicted octanol–water partition coefficient (Wildman–Crippen LogP) is -0.835. The number of carboxylic acids is 2. The fourth-order valence-corrected chi connectivity index (χ4v) is 1.13. The zero-order chi connectivity index (χ0) is 14.1. The molecule has 0 heterocycles. The Hall–Kier alpha value is -1.83. The van der Waals surface area contributed by atoms with E-state index in [0.717, 1.165) is 0 Å². The van der Waals surface area contributed by atoms with Crippen molar-refractivity contribution in [2.45, 2.75) is 18.9 Å². The number of amides is 2. The molecule has 0 aromatic carbocycles. The molecule has 0 aliphatic heterocycles. The molecule has 0 aliphatic rings. The number of hydrogen-bond acceptors (Lipinski definition) is 4. The van der Waals surface area contributed by atoms with Gasteiger partial charge in [0.05, 0.1) is 0 Å². The average Bonchev–Trinajstić information content (AvgIpc) is 2.22. The normalized spacial score (nSPS) is 11.9. The first-order chi connectivity index (χ1) is 8.32. The van der Waals surface area contributed by atoms with Crippen molar-refractivity contribution < 1.29 is 24.6 Å². The number of aliphatic carboxylic acids is 2. The number of carboxylic acid groups (broad SMARTS) is 2. The first-order valence-electron chi connectivity index (χ1n) is 5.46. The lowest BCUT2D eigenvalue weighted by atomic mass is 10.1. The lowest BCUT2D eigenvalue weighted by Gasteiger charge is -2.15. The van der Waals surface area contributed by atoms with Crippen LogP contribution in [0.25, 0.3) is 0 Å². The molecule has 0 aliphatic carbocycles. The lowest BCUT2D eigenvalue weighted by molar-refractivity contribution is -0.140. The maximum absolute atomic E-state index is 11.3. The Kier molecular flexibility index (Phi) is 7.45. The first kappa shape index (κ1) is 16.2. The quantitative estimate of drug-likeness (QED) is 0.452. The minimum absolute atomic E-state index is 0.147. The molecular formula is C10H19N3O5. The summed E-state index contributed by atoms with van der Waals surface area (Å²) in [6, 6.07) is -1.81. The summed E-state index contributed by atoms with van der Waals surface area (Å²) in [4.78, 5) is 34.3. The Morgan fingerprint density at radius 1 is 1.22 bits per heavy atom. The fourth-order valence-electron chi connectivity index (χ4n) is 1.13. The zero-order valence-corrected chi connectivity index (χ0v) is 10.5. The highest BCUT2D eigenvalue weighted by Gasteiger charge is 2.20. The van der Waals surface area contributed by atoms with E-state index in [1.165, 1.54) is 0 Å². The molecule has 4 N–H and O–H groups in total. The molecule has 0 bridgehead atoms. The Morgan fingerprint density at radius 2 is 1.83 bits per heavy atom. The van der Waals surface area contributed by atoms with Crippen LogP contribution in [0.2, 0.25) is 0 Å². The summed E-state index contributed by atoms with van der Waals surface area (Å²) in [5.41, 5.74) is 0. The van der Waals surface area contributed by atoms with Crippen LogP contribution in [-0.4, -0.2) is 66.3 Å². The van der Waals surface area contributed by atoms with Crippen molar-refractivity contribution in [3.05, 3.63) is 0 Å². The summed E-state index contributed by atoms with van der Waals surface area (Å²) in [6.07, 6.45) is -0.458. The van der Waals surface area contributed by atoms with E-state index in [4.69, 9.17) is 10.2 Å². The third kappa shape index (κ3) is 8.34. The highest BCUT2D eigenvalue weighted by Crippen LogP contribution is 1.97. The maximum atomic E-state index is 11.3. The van der Waals surface area contributed by atoms with E-state index in [9.17, 15) is 14.4 Å². The van der Waals surface area contributed by atoms with Crippen molar-refractivity contribution >= 4 is 18.0 Å². The van der Waals surface area contributed by atoms with Gasteiger partial charge < -0.3 is 25.7 Å². The second-order valence-corrected chi connectivity index (χ2v) is 4.03. The first-order valence-corrected chi connectivity index (χ1v) is 5.46. The number of carbonyl (C=O) groups is 3. The average molecular weight is 261 g/mol. The van der Waals surface area contributed by atoms with Crippen LogP contribution >= 0.6 is 0 Å². The van der Waals surface area contributed by atoms with Gasteiger partial charge in [0.2, 0.25) is 0 Å². The molecule has 2 amide bonds. The van der Waals surface area contributed by atoms with E-state index in [0.29, 0.717) is 13.1 Å². The van der Waals surface area contributed by atoms with E-state index in [-0.39, 0.29) is 12.8 Å². The molecule has 0 aromatic heterocycles. The van der Waals surface area contributed by atoms with E-state index in [1.807, 2.05) is 19.0 Å². The summed E-state index contributed by atoms with van der Waals surface area (Å²) >= 11 is 0. The third-order valence-electron chi connectivity index (χ3n) is 2.09. The lowest BCUT2D eigenvalue weighted by Crippen LogP contribution is -2.47. The van der Waals surface area contributed by atoms with E-state index < -0.39 is 24.0 Å². The molecule has 0 unspecified atom stereocenters. The molecule has 0 radical (unpaired) electrons. The van der Waals surface area contributed by atoms with Crippen molar-refractivity contribution in [1.82, 2.24) is 15.5 Å². The number of rotatable bonds is 8. The van der Waals surface area contributed by atoms with Crippen LogP contribution in [0.1, 0.15) is 12.8 Å². The Labute approximate surface area is 105 Å². The van der Waals surface area contributed by atoms with Crippen LogP contribution in [-0.2, 0) is 9.59 Å². The monoisotopic (exact) mass is 261 g/mol. The molecule has 1 atom stereocenters. The number of carbonyl (C=O) groups excluding carboxylic acids is 1. The molecule has 8 heteroatoms. The summed E-state index contributed by atoms with van der Waals surface area (Å²) in [5.74, 6) is -2.35. The Morgan fingerprint density at radius 3 is 2.28 bits per heavy atom. The highest BCUT2D eigenvalue weighted by molar-refractivity contribution is 5.82. The predicted molar refractivity (Wildman–Crippen MR) is 63.4 cm³/mol. The molecule has 0 rings (SSSR count). The molecule has 104 valence electrons. The fraction of sp³-hybridized carbons (Fsp3) is 0.700. The van der Waals surface area contributed by atoms with Crippen molar-refractivity contribution in [3.63, 3.8) is 0 Å². The molecule has 0 fully saturated rings. The van der Waals surface area contributed by atoms with Crippen molar-refractivity contribution in [2.75, 3.05) is 27.2 Å². The van der Waals surface area contributed by atoms with Gasteiger partial charge in [-0.05, 0) is 20.5 Å². The number of likely N-dealkylation sites (N-methyl/N-ethyl adjacent to an activating group) is 1. The Bertz CT molecular complexity index is 306. The van der Waals surface area contributed by atoms with Gasteiger partial charge in [0.1, 0.15) is 6.04 Å². The molecule has 18 heavy (non-hydrogen) atoms. The van der Waals surface area contributed by atoms with E-state index >= 15 is 0 Å². The van der Waals surface area contributed by atoms with Crippen LogP contribution < -0.4 is 10.6 Å². The van der Waals surface area contributed by atoms with Gasteiger partial charge >= 0.3 is 18.0 Å². The summed E-state index contributed by atoms with van der Waals surface area (Å²) < 4.78 is 0. The van der Waals surface area contributed by atoms with Gasteiger partial charge in [0, 0.05) is 19.5 Å². The van der Waals surface area contributed by atoms with Crippen LogP contribution in [0.3, 0.4) is 0 Å². The van der Waals surface area contributed by atoms with Crippen LogP contribution in [0, 0.1) is 0 Å². The molecule has 8 nitrogen and oxygen atoms in total. The second-order valence-electron chi connectivity index (χ2n) is 4.03. The standard InChI is InChI=1S/C10H19N3O5/c1-13(2)6-5-11-10(18)12-7(9(16)17)3-4-8(14)15/h7H,3-6H2,1-2H3,(H,14,15)(H,16,17)(H2,11,12,18)/t7-/m0/s1. The van der Waals surface area contributed by atoms with Crippen LogP contribution in [0.4, 0.5) is 4.79 Å². The van der Waals surface area contributed by atoms with Gasteiger partial charge in [-0.25, -0.2) is 9.59 Å². The van der Waals surface area contributed by atoms with Crippen LogP contribution in [0.15, 0.2) is 0 Å². The summed E-state index contributed by atoms with van der Waals surface area (Å²) in [5, 5.41) is 22.0. The van der Waals surface area contributed by atoms with E-state index in [2.05, 4.69) is 10.6 Å². The highest BCUT2D eigenvalue weighted by atomic mass is 16.4. The van der Waals surface area contributed by atoms with Crippen molar-refractivity contribution in [1.29, 1.82) is 0 Å². The topological polar surface area (TPSA) is 119 Å². The van der Waals surface area contributed by atoms with Gasteiger partial charge in [0.25, 0.3) is 0 Å². The van der Waals surface area contributed by atoms with Gasteiger partial charge in [-0.1, -0.05) is 0 Å². The molecule has 0 saturated carbocycles. The largest absolute Gasteiger partial charge is 0.481 e. The zero-order valence-electron chi connectivity index (χ0n) is 10.5. The SMILES string of the molecule is CN(C)CCNC(=O)N[C@@H](CCC(=O)O)C(=O)O. The molecule has 0 aromatic rings. The molecule has 0 saturated heterocycles. The number of nitrogens with one attached hydrogen (secondary N) is 2. The third-order valence-corrected chi connectivity index (χ3v) is 2.09. The minimum Gasteiger partial charge on any atom is -0.481 e. The summed E-state index contributed by atoms with van der Waals surface area (Å²) in [6.45, 7) is 1.00. The van der Waals surface area contributed by atoms with Gasteiger partial charge in [0.15, 0.2) is 0 Å². The maximum Gasteiger partial charge on any atom is 0.326 e. The number of nitrogens with zero attached hydrogens (tertiary/aromatic N) is 1. The van der Waals surface area contributed by atoms with Crippen molar-refractivity contribution in [2.24, 2.45) is 0 Å². The summed E-state index contributed by atoms with van der Waals surface area (Å²) in [7, 11) is 3.68. The minimum atomic E-state index is -1.25. The van der Waals surface area contributed by atoms with Gasteiger partial charge in [-0.3, -0.25) is 4.79 Å². The van der Waals surface area contributed by atoms with Crippen molar-refractivity contribution in [3.8, 4) is 0 Å². The molecule has 0 spiro atoms. The Balaban J connectivity index is 4.04. The van der Waals surface area contributed by atoms with Gasteiger partial charge in [-0.2, -0.15) is 0 Å². The number of hydrogen-bond donors (Lipinski definition) is 4. The second kappa shape index (κ2) is 8.29. The number of urea groups is 1. The molecular weight excluding hydrogens is 242 g/mol. The smallest absolute Gasteiger partial charge is 0.326 e. The van der Waals surface area contributed by atoms with Gasteiger partial charge in [-0.15, -0.1) is 0 Å². The van der Waals surface area contributed by atoms with Crippen LogP contribution in [0.5, 0.6) is 0 Å². The van der Waals surface area contributed by atoms with E-state index in [1.54, 1.807) is 0 Å².